The molecule has 3 fully saturated rings. The molecule has 3 aliphatic rings. The number of nitrogens with zero attached hydrogens (tertiary/aromatic N) is 1. The maximum absolute atomic E-state index is 13.3. The molecule has 1 aromatic carbocycles. The number of guanidine groups is 1. The molecular formula is C27H42N4O. The molecule has 5 heteroatoms. The van der Waals surface area contributed by atoms with Crippen LogP contribution in [0.2, 0.25) is 0 Å². The summed E-state index contributed by atoms with van der Waals surface area (Å²) in [5.74, 6) is 1.71. The molecule has 0 aromatic heterocycles. The van der Waals surface area contributed by atoms with Gasteiger partial charge in [-0.1, -0.05) is 75.3 Å². The van der Waals surface area contributed by atoms with Crippen molar-refractivity contribution < 1.29 is 4.79 Å². The largest absolute Gasteiger partial charge is 0.342 e. The number of hydrogen-bond donors (Lipinski definition) is 3. The van der Waals surface area contributed by atoms with E-state index in [0.717, 1.165) is 44.6 Å². The third-order valence-corrected chi connectivity index (χ3v) is 8.22. The van der Waals surface area contributed by atoms with E-state index in [2.05, 4.69) is 41.0 Å². The summed E-state index contributed by atoms with van der Waals surface area (Å²) in [6.45, 7) is 1.01. The Bertz CT molecular complexity index is 760. The number of likely N-dealkylation sites (N-methyl/N-ethyl adjacent to an activating group) is 1. The highest BCUT2D eigenvalue weighted by Gasteiger charge is 2.49. The van der Waals surface area contributed by atoms with Crippen LogP contribution in [0.15, 0.2) is 30.3 Å². The zero-order chi connectivity index (χ0) is 22.4. The smallest absolute Gasteiger partial charge is 0.254 e. The van der Waals surface area contributed by atoms with E-state index in [-0.39, 0.29) is 11.9 Å². The van der Waals surface area contributed by atoms with E-state index in [4.69, 9.17) is 5.41 Å². The molecule has 1 saturated heterocycles. The van der Waals surface area contributed by atoms with Crippen LogP contribution < -0.4 is 10.6 Å². The molecule has 2 aliphatic carbocycles. The van der Waals surface area contributed by atoms with E-state index in [9.17, 15) is 4.79 Å². The summed E-state index contributed by atoms with van der Waals surface area (Å²) in [6.07, 6.45) is 15.4. The van der Waals surface area contributed by atoms with Gasteiger partial charge in [0.2, 0.25) is 0 Å². The standard InChI is InChI=1S/C27H42N4O/c1-31-25(32)27(30-26(31)28,17-15-21-9-4-2-5-10-21)20-23-13-8-14-24(19-23)29-18-16-22-11-6-3-7-12-22/h3,6-7,11-12,21,23-24,29H,2,4-5,8-10,13-20H2,1H3,(H2,28,30)/t23-,24-,27+/m0/s1. The maximum Gasteiger partial charge on any atom is 0.254 e. The molecular weight excluding hydrogens is 396 g/mol. The Morgan fingerprint density at radius 1 is 1.06 bits per heavy atom. The molecule has 0 unspecified atom stereocenters. The predicted molar refractivity (Wildman–Crippen MR) is 131 cm³/mol. The van der Waals surface area contributed by atoms with Crippen LogP contribution in [0.1, 0.15) is 82.6 Å². The van der Waals surface area contributed by atoms with Crippen molar-refractivity contribution in [3.05, 3.63) is 35.9 Å². The Balaban J connectivity index is 1.33. The van der Waals surface area contributed by atoms with E-state index in [1.54, 1.807) is 11.9 Å². The predicted octanol–water partition coefficient (Wildman–Crippen LogP) is 4.86. The van der Waals surface area contributed by atoms with Gasteiger partial charge in [-0.3, -0.25) is 15.1 Å². The summed E-state index contributed by atoms with van der Waals surface area (Å²) in [5.41, 5.74) is 0.830. The number of hydrogen-bond acceptors (Lipinski definition) is 3. The Hall–Kier alpha value is -1.88. The molecule has 0 bridgehead atoms. The lowest BCUT2D eigenvalue weighted by Gasteiger charge is -2.37. The third kappa shape index (κ3) is 5.72. The number of amides is 1. The van der Waals surface area contributed by atoms with Crippen LogP contribution in [-0.2, 0) is 11.2 Å². The molecule has 176 valence electrons. The van der Waals surface area contributed by atoms with Gasteiger partial charge in [-0.2, -0.15) is 0 Å². The highest BCUT2D eigenvalue weighted by Crippen LogP contribution is 2.38. The average Bonchev–Trinajstić information content (AvgIpc) is 3.03. The van der Waals surface area contributed by atoms with Crippen molar-refractivity contribution in [1.82, 2.24) is 15.5 Å². The first-order valence-corrected chi connectivity index (χ1v) is 13.0. The first-order valence-electron chi connectivity index (χ1n) is 13.0. The lowest BCUT2D eigenvalue weighted by atomic mass is 9.74. The SMILES string of the molecule is CN1C(=N)N[C@](CCC2CCCCC2)(C[C@H]2CCC[C@H](NCCc3ccccc3)C2)C1=O. The lowest BCUT2D eigenvalue weighted by Crippen LogP contribution is -2.50. The van der Waals surface area contributed by atoms with Crippen LogP contribution >= 0.6 is 0 Å². The number of carbonyl (C=O) groups excluding carboxylic acids is 1. The summed E-state index contributed by atoms with van der Waals surface area (Å²) in [5, 5.41) is 15.4. The first kappa shape index (κ1) is 23.3. The zero-order valence-electron chi connectivity index (χ0n) is 19.9. The van der Waals surface area contributed by atoms with Gasteiger partial charge >= 0.3 is 0 Å². The molecule has 3 atom stereocenters. The number of nitrogens with one attached hydrogen (secondary N) is 3. The summed E-state index contributed by atoms with van der Waals surface area (Å²) >= 11 is 0. The fraction of sp³-hybridized carbons (Fsp3) is 0.704. The van der Waals surface area contributed by atoms with Crippen molar-refractivity contribution in [1.29, 1.82) is 5.41 Å². The molecule has 0 radical (unpaired) electrons. The number of benzene rings is 1. The molecule has 4 rings (SSSR count). The highest BCUT2D eigenvalue weighted by molar-refractivity contribution is 6.07. The van der Waals surface area contributed by atoms with Crippen molar-refractivity contribution >= 4 is 11.9 Å². The quantitative estimate of drug-likeness (QED) is 0.516. The average molecular weight is 439 g/mol. The molecule has 3 N–H and O–H groups in total. The summed E-state index contributed by atoms with van der Waals surface area (Å²) in [6, 6.07) is 11.2. The Morgan fingerprint density at radius 3 is 2.53 bits per heavy atom. The van der Waals surface area contributed by atoms with Crippen LogP contribution in [-0.4, -0.2) is 41.9 Å². The molecule has 2 saturated carbocycles. The van der Waals surface area contributed by atoms with E-state index >= 15 is 0 Å². The van der Waals surface area contributed by atoms with Crippen LogP contribution in [0.4, 0.5) is 0 Å². The first-order chi connectivity index (χ1) is 15.6. The zero-order valence-corrected chi connectivity index (χ0v) is 19.9. The second-order valence-corrected chi connectivity index (χ2v) is 10.6. The normalized spacial score (nSPS) is 29.3. The minimum absolute atomic E-state index is 0.123. The minimum atomic E-state index is -0.556. The van der Waals surface area contributed by atoms with Gasteiger partial charge in [-0.15, -0.1) is 0 Å². The third-order valence-electron chi connectivity index (χ3n) is 8.22. The monoisotopic (exact) mass is 438 g/mol. The maximum atomic E-state index is 13.3. The molecule has 1 heterocycles. The van der Waals surface area contributed by atoms with Crippen molar-refractivity contribution in [3.63, 3.8) is 0 Å². The van der Waals surface area contributed by atoms with Gasteiger partial charge in [0, 0.05) is 13.1 Å². The number of rotatable bonds is 9. The summed E-state index contributed by atoms with van der Waals surface area (Å²) in [7, 11) is 1.76. The van der Waals surface area contributed by atoms with Crippen LogP contribution in [0.25, 0.3) is 0 Å². The summed E-state index contributed by atoms with van der Waals surface area (Å²) < 4.78 is 0. The second-order valence-electron chi connectivity index (χ2n) is 10.6. The lowest BCUT2D eigenvalue weighted by molar-refractivity contribution is -0.131. The second kappa shape index (κ2) is 10.8. The highest BCUT2D eigenvalue weighted by atomic mass is 16.2. The van der Waals surface area contributed by atoms with Crippen LogP contribution in [0.5, 0.6) is 0 Å². The van der Waals surface area contributed by atoms with E-state index in [1.165, 1.54) is 56.9 Å². The van der Waals surface area contributed by atoms with E-state index in [0.29, 0.717) is 12.0 Å². The van der Waals surface area contributed by atoms with E-state index in [1.807, 2.05) is 0 Å². The van der Waals surface area contributed by atoms with Gasteiger partial charge in [-0.05, 0) is 62.5 Å². The van der Waals surface area contributed by atoms with Crippen molar-refractivity contribution in [2.24, 2.45) is 11.8 Å². The van der Waals surface area contributed by atoms with Gasteiger partial charge in [0.15, 0.2) is 5.96 Å². The van der Waals surface area contributed by atoms with Crippen molar-refractivity contribution in [2.75, 3.05) is 13.6 Å². The minimum Gasteiger partial charge on any atom is -0.342 e. The van der Waals surface area contributed by atoms with Gasteiger partial charge in [0.1, 0.15) is 5.54 Å². The summed E-state index contributed by atoms with van der Waals surface area (Å²) in [4.78, 5) is 14.8. The molecule has 32 heavy (non-hydrogen) atoms. The van der Waals surface area contributed by atoms with Crippen molar-refractivity contribution in [2.45, 2.75) is 95.1 Å². The fourth-order valence-corrected chi connectivity index (χ4v) is 6.34. The molecule has 1 amide bonds. The van der Waals surface area contributed by atoms with Gasteiger partial charge in [0.05, 0.1) is 0 Å². The van der Waals surface area contributed by atoms with Gasteiger partial charge in [-0.25, -0.2) is 0 Å². The van der Waals surface area contributed by atoms with Crippen LogP contribution in [0, 0.1) is 17.2 Å². The Kier molecular flexibility index (Phi) is 7.88. The molecule has 0 spiro atoms. The van der Waals surface area contributed by atoms with Crippen LogP contribution in [0.3, 0.4) is 0 Å². The van der Waals surface area contributed by atoms with E-state index < -0.39 is 5.54 Å². The Morgan fingerprint density at radius 2 is 1.81 bits per heavy atom. The fourth-order valence-electron chi connectivity index (χ4n) is 6.34. The van der Waals surface area contributed by atoms with Crippen molar-refractivity contribution in [3.8, 4) is 0 Å². The van der Waals surface area contributed by atoms with Gasteiger partial charge in [0.25, 0.3) is 5.91 Å². The topological polar surface area (TPSA) is 68.2 Å². The molecule has 5 nitrogen and oxygen atoms in total. The Labute approximate surface area is 194 Å². The number of carbonyl (C=O) groups is 1. The molecule has 1 aromatic rings. The molecule has 1 aliphatic heterocycles. The van der Waals surface area contributed by atoms with Gasteiger partial charge < -0.3 is 10.6 Å².